The SMILES string of the molecule is NC(=O)c1cccc2c1c1[c]cc(CO)cc1n2Cc1cccc(F)c1F. The average Bonchev–Trinajstić information content (AvgIpc) is 2.98. The number of rotatable bonds is 4. The van der Waals surface area contributed by atoms with Crippen molar-refractivity contribution in [1.82, 2.24) is 4.57 Å². The number of amides is 1. The molecule has 0 bridgehead atoms. The van der Waals surface area contributed by atoms with E-state index in [-0.39, 0.29) is 18.7 Å². The van der Waals surface area contributed by atoms with Crippen molar-refractivity contribution < 1.29 is 18.7 Å². The summed E-state index contributed by atoms with van der Waals surface area (Å²) < 4.78 is 29.6. The van der Waals surface area contributed by atoms with Gasteiger partial charge in [0.25, 0.3) is 0 Å². The van der Waals surface area contributed by atoms with Gasteiger partial charge in [-0.15, -0.1) is 0 Å². The number of aliphatic hydroxyl groups excluding tert-OH is 1. The third-order valence-electron chi connectivity index (χ3n) is 4.66. The van der Waals surface area contributed by atoms with Gasteiger partial charge in [-0.25, -0.2) is 8.78 Å². The zero-order valence-electron chi connectivity index (χ0n) is 14.2. The largest absolute Gasteiger partial charge is 0.392 e. The van der Waals surface area contributed by atoms with Crippen LogP contribution < -0.4 is 5.73 Å². The van der Waals surface area contributed by atoms with Gasteiger partial charge in [0.1, 0.15) is 0 Å². The molecule has 0 fully saturated rings. The summed E-state index contributed by atoms with van der Waals surface area (Å²) in [5.41, 5.74) is 7.93. The van der Waals surface area contributed by atoms with Crippen LogP contribution in [0.25, 0.3) is 21.8 Å². The van der Waals surface area contributed by atoms with Crippen molar-refractivity contribution in [3.8, 4) is 0 Å². The smallest absolute Gasteiger partial charge is 0.249 e. The predicted molar refractivity (Wildman–Crippen MR) is 98.2 cm³/mol. The Bertz CT molecular complexity index is 1200. The Morgan fingerprint density at radius 3 is 2.67 bits per heavy atom. The van der Waals surface area contributed by atoms with Gasteiger partial charge >= 0.3 is 0 Å². The first kappa shape index (κ1) is 17.2. The molecule has 0 aliphatic rings. The minimum absolute atomic E-state index is 0.0501. The normalized spacial score (nSPS) is 11.4. The number of nitrogens with zero attached hydrogens (tertiary/aromatic N) is 1. The molecule has 0 aliphatic heterocycles. The lowest BCUT2D eigenvalue weighted by atomic mass is 10.0. The quantitative estimate of drug-likeness (QED) is 0.581. The molecule has 3 N–H and O–H groups in total. The molecule has 0 saturated carbocycles. The van der Waals surface area contributed by atoms with Crippen molar-refractivity contribution in [3.63, 3.8) is 0 Å². The molecule has 0 atom stereocenters. The number of benzene rings is 3. The summed E-state index contributed by atoms with van der Waals surface area (Å²) in [7, 11) is 0. The van der Waals surface area contributed by atoms with Crippen LogP contribution in [0.1, 0.15) is 21.5 Å². The summed E-state index contributed by atoms with van der Waals surface area (Å²) >= 11 is 0. The van der Waals surface area contributed by atoms with Crippen LogP contribution in [0, 0.1) is 17.7 Å². The van der Waals surface area contributed by atoms with Gasteiger partial charge < -0.3 is 15.4 Å². The molecule has 0 spiro atoms. The second-order valence-electron chi connectivity index (χ2n) is 6.29. The lowest BCUT2D eigenvalue weighted by Crippen LogP contribution is -2.11. The minimum Gasteiger partial charge on any atom is -0.392 e. The van der Waals surface area contributed by atoms with Gasteiger partial charge in [-0.3, -0.25) is 4.79 Å². The Morgan fingerprint density at radius 1 is 1.15 bits per heavy atom. The Morgan fingerprint density at radius 2 is 1.93 bits per heavy atom. The fraction of sp³-hybridized carbons (Fsp3) is 0.0952. The molecular weight excluding hydrogens is 350 g/mol. The lowest BCUT2D eigenvalue weighted by molar-refractivity contribution is 0.100. The third kappa shape index (κ3) is 2.74. The number of primary amides is 1. The van der Waals surface area contributed by atoms with Crippen LogP contribution in [0.3, 0.4) is 0 Å². The van der Waals surface area contributed by atoms with Crippen molar-refractivity contribution in [2.45, 2.75) is 13.2 Å². The van der Waals surface area contributed by atoms with Crippen molar-refractivity contribution in [2.75, 3.05) is 0 Å². The fourth-order valence-electron chi connectivity index (χ4n) is 3.41. The van der Waals surface area contributed by atoms with E-state index in [9.17, 15) is 18.7 Å². The number of hydrogen-bond donors (Lipinski definition) is 2. The Hall–Kier alpha value is -3.25. The number of halogens is 2. The highest BCUT2D eigenvalue weighted by Gasteiger charge is 2.18. The highest BCUT2D eigenvalue weighted by molar-refractivity contribution is 6.17. The Labute approximate surface area is 153 Å². The summed E-state index contributed by atoms with van der Waals surface area (Å²) in [5.74, 6) is -2.43. The highest BCUT2D eigenvalue weighted by Crippen LogP contribution is 2.33. The molecule has 1 heterocycles. The molecule has 135 valence electrons. The van der Waals surface area contributed by atoms with Crippen LogP contribution >= 0.6 is 0 Å². The third-order valence-corrected chi connectivity index (χ3v) is 4.66. The van der Waals surface area contributed by atoms with E-state index in [4.69, 9.17) is 5.73 Å². The molecule has 3 aromatic carbocycles. The molecule has 6 heteroatoms. The topological polar surface area (TPSA) is 68.2 Å². The number of aromatic nitrogens is 1. The van der Waals surface area contributed by atoms with Crippen LogP contribution in [0.5, 0.6) is 0 Å². The maximum absolute atomic E-state index is 14.2. The molecular formula is C21H15F2N2O2. The summed E-state index contributed by atoms with van der Waals surface area (Å²) in [4.78, 5) is 11.9. The molecule has 0 unspecified atom stereocenters. The standard InChI is InChI=1S/C21H15F2N2O2/c22-16-5-1-3-13(20(16)23)10-25-17-6-2-4-15(21(24)27)19(17)14-8-7-12(11-26)9-18(14)25/h1-7,9,26H,10-11H2,(H2,24,27). The van der Waals surface area contributed by atoms with Gasteiger partial charge in [-0.1, -0.05) is 18.2 Å². The van der Waals surface area contributed by atoms with Crippen LogP contribution in [-0.4, -0.2) is 15.6 Å². The molecule has 0 saturated heterocycles. The van der Waals surface area contributed by atoms with E-state index in [2.05, 4.69) is 6.07 Å². The van der Waals surface area contributed by atoms with Crippen LogP contribution in [0.2, 0.25) is 0 Å². The monoisotopic (exact) mass is 365 g/mol. The van der Waals surface area contributed by atoms with Crippen molar-refractivity contribution >= 4 is 27.7 Å². The molecule has 0 aliphatic carbocycles. The number of aliphatic hydroxyl groups is 1. The molecule has 4 rings (SSSR count). The predicted octanol–water partition coefficient (Wildman–Crippen LogP) is 3.51. The minimum atomic E-state index is -0.922. The second kappa shape index (κ2) is 6.48. The van der Waals surface area contributed by atoms with Crippen molar-refractivity contribution in [3.05, 3.63) is 82.9 Å². The average molecular weight is 365 g/mol. The Kier molecular flexibility index (Phi) is 4.12. The zero-order chi connectivity index (χ0) is 19.1. The first-order chi connectivity index (χ1) is 13.0. The van der Waals surface area contributed by atoms with Gasteiger partial charge in [0.05, 0.1) is 24.2 Å². The maximum Gasteiger partial charge on any atom is 0.249 e. The number of hydrogen-bond acceptors (Lipinski definition) is 2. The second-order valence-corrected chi connectivity index (χ2v) is 6.29. The number of carbonyl (C=O) groups excluding carboxylic acids is 1. The molecule has 1 aromatic heterocycles. The van der Waals surface area contributed by atoms with Crippen LogP contribution in [-0.2, 0) is 13.2 Å². The van der Waals surface area contributed by atoms with E-state index in [0.717, 1.165) is 6.07 Å². The van der Waals surface area contributed by atoms with Gasteiger partial charge in [-0.05, 0) is 42.0 Å². The fourth-order valence-corrected chi connectivity index (χ4v) is 3.41. The summed E-state index contributed by atoms with van der Waals surface area (Å²) in [5, 5.41) is 10.7. The number of carbonyl (C=O) groups is 1. The number of fused-ring (bicyclic) bond motifs is 3. The number of nitrogens with two attached hydrogens (primary N) is 1. The van der Waals surface area contributed by atoms with Crippen LogP contribution in [0.4, 0.5) is 8.78 Å². The van der Waals surface area contributed by atoms with E-state index in [1.54, 1.807) is 34.9 Å². The Balaban J connectivity index is 2.06. The van der Waals surface area contributed by atoms with Gasteiger partial charge in [0, 0.05) is 21.9 Å². The van der Waals surface area contributed by atoms with Gasteiger partial charge in [-0.2, -0.15) is 0 Å². The molecule has 1 amide bonds. The van der Waals surface area contributed by atoms with Gasteiger partial charge in [0.15, 0.2) is 11.6 Å². The molecule has 4 aromatic rings. The maximum atomic E-state index is 14.2. The summed E-state index contributed by atoms with van der Waals surface area (Å²) in [6.45, 7) is -0.139. The van der Waals surface area contributed by atoms with Gasteiger partial charge in [0.2, 0.25) is 5.91 Å². The molecule has 1 radical (unpaired) electrons. The lowest BCUT2D eigenvalue weighted by Gasteiger charge is -2.10. The van der Waals surface area contributed by atoms with E-state index in [1.807, 2.05) is 0 Å². The summed E-state index contributed by atoms with van der Waals surface area (Å²) in [6.07, 6.45) is 0. The van der Waals surface area contributed by atoms with E-state index >= 15 is 0 Å². The van der Waals surface area contributed by atoms with E-state index in [1.165, 1.54) is 12.1 Å². The summed E-state index contributed by atoms with van der Waals surface area (Å²) in [6, 6.07) is 15.6. The first-order valence-electron chi connectivity index (χ1n) is 8.30. The molecule has 27 heavy (non-hydrogen) atoms. The van der Waals surface area contributed by atoms with Crippen LogP contribution in [0.15, 0.2) is 48.5 Å². The van der Waals surface area contributed by atoms with E-state index in [0.29, 0.717) is 32.9 Å². The first-order valence-corrected chi connectivity index (χ1v) is 8.30. The highest BCUT2D eigenvalue weighted by atomic mass is 19.2. The van der Waals surface area contributed by atoms with E-state index < -0.39 is 17.5 Å². The van der Waals surface area contributed by atoms with Crippen molar-refractivity contribution in [1.29, 1.82) is 0 Å². The zero-order valence-corrected chi connectivity index (χ0v) is 14.2. The van der Waals surface area contributed by atoms with Crippen molar-refractivity contribution in [2.24, 2.45) is 5.73 Å². The molecule has 4 nitrogen and oxygen atoms in total.